The molecule has 0 atom stereocenters. The van der Waals surface area contributed by atoms with E-state index in [0.717, 1.165) is 37.2 Å². The Kier molecular flexibility index (Phi) is 3.88. The summed E-state index contributed by atoms with van der Waals surface area (Å²) in [6.45, 7) is 3.38. The number of aryl methyl sites for hydroxylation is 2. The summed E-state index contributed by atoms with van der Waals surface area (Å²) in [5, 5.41) is 4.30. The van der Waals surface area contributed by atoms with Crippen molar-refractivity contribution in [1.29, 1.82) is 0 Å². The number of aromatic nitrogens is 2. The third kappa shape index (κ3) is 2.71. The fourth-order valence-corrected chi connectivity index (χ4v) is 3.00. The summed E-state index contributed by atoms with van der Waals surface area (Å²) in [5.41, 5.74) is 4.06. The molecular formula is C17H21N3O2. The number of nitrogens with zero attached hydrogens (tertiary/aromatic N) is 3. The van der Waals surface area contributed by atoms with Gasteiger partial charge in [-0.25, -0.2) is 0 Å². The standard InChI is InChI=1S/C17H21N3O2/c1-12-11-19(2)18-16(12)17(21)20-8-6-13-4-5-15(22-3)10-14(13)7-9-20/h4-5,10-11H,6-9H2,1-3H3. The van der Waals surface area contributed by atoms with Gasteiger partial charge in [0.2, 0.25) is 0 Å². The van der Waals surface area contributed by atoms with E-state index in [2.05, 4.69) is 17.2 Å². The van der Waals surface area contributed by atoms with Crippen molar-refractivity contribution in [2.75, 3.05) is 20.2 Å². The summed E-state index contributed by atoms with van der Waals surface area (Å²) in [6, 6.07) is 6.17. The molecule has 1 aliphatic rings. The van der Waals surface area contributed by atoms with Gasteiger partial charge < -0.3 is 9.64 Å². The average molecular weight is 299 g/mol. The van der Waals surface area contributed by atoms with Crippen LogP contribution < -0.4 is 4.74 Å². The molecule has 1 aromatic carbocycles. The quantitative estimate of drug-likeness (QED) is 0.852. The van der Waals surface area contributed by atoms with Crippen LogP contribution in [0.2, 0.25) is 0 Å². The maximum Gasteiger partial charge on any atom is 0.274 e. The summed E-state index contributed by atoms with van der Waals surface area (Å²) < 4.78 is 6.98. The lowest BCUT2D eigenvalue weighted by Gasteiger charge is -2.19. The average Bonchev–Trinajstić information content (AvgIpc) is 2.73. The van der Waals surface area contributed by atoms with Gasteiger partial charge in [-0.15, -0.1) is 0 Å². The van der Waals surface area contributed by atoms with E-state index in [4.69, 9.17) is 4.74 Å². The first-order chi connectivity index (χ1) is 10.6. The van der Waals surface area contributed by atoms with E-state index in [1.807, 2.05) is 31.1 Å². The Labute approximate surface area is 130 Å². The SMILES string of the molecule is COc1ccc2c(c1)CCN(C(=O)c1nn(C)cc1C)CC2. The molecule has 0 radical (unpaired) electrons. The molecule has 0 bridgehead atoms. The molecule has 5 heteroatoms. The van der Waals surface area contributed by atoms with Crippen molar-refractivity contribution in [3.05, 3.63) is 46.8 Å². The largest absolute Gasteiger partial charge is 0.497 e. The summed E-state index contributed by atoms with van der Waals surface area (Å²) >= 11 is 0. The Hall–Kier alpha value is -2.30. The molecule has 1 amide bonds. The van der Waals surface area contributed by atoms with Gasteiger partial charge in [0.1, 0.15) is 5.75 Å². The van der Waals surface area contributed by atoms with Crippen LogP contribution in [0.15, 0.2) is 24.4 Å². The molecule has 1 aliphatic heterocycles. The monoisotopic (exact) mass is 299 g/mol. The molecule has 0 fully saturated rings. The minimum atomic E-state index is 0.0258. The zero-order valence-corrected chi connectivity index (χ0v) is 13.3. The first-order valence-electron chi connectivity index (χ1n) is 7.54. The molecule has 0 N–H and O–H groups in total. The Morgan fingerprint density at radius 1 is 1.23 bits per heavy atom. The number of benzene rings is 1. The van der Waals surface area contributed by atoms with E-state index in [9.17, 15) is 4.79 Å². The van der Waals surface area contributed by atoms with Crippen LogP contribution in [0, 0.1) is 6.92 Å². The van der Waals surface area contributed by atoms with E-state index in [0.29, 0.717) is 5.69 Å². The van der Waals surface area contributed by atoms with E-state index >= 15 is 0 Å². The van der Waals surface area contributed by atoms with Crippen LogP contribution in [0.5, 0.6) is 5.75 Å². The van der Waals surface area contributed by atoms with E-state index < -0.39 is 0 Å². The van der Waals surface area contributed by atoms with E-state index in [1.54, 1.807) is 11.8 Å². The topological polar surface area (TPSA) is 47.4 Å². The Morgan fingerprint density at radius 3 is 2.59 bits per heavy atom. The highest BCUT2D eigenvalue weighted by atomic mass is 16.5. The van der Waals surface area contributed by atoms with Crippen LogP contribution in [-0.4, -0.2) is 40.8 Å². The van der Waals surface area contributed by atoms with Crippen molar-refractivity contribution in [1.82, 2.24) is 14.7 Å². The van der Waals surface area contributed by atoms with Gasteiger partial charge in [0.15, 0.2) is 5.69 Å². The lowest BCUT2D eigenvalue weighted by molar-refractivity contribution is 0.0755. The van der Waals surface area contributed by atoms with Gasteiger partial charge in [-0.2, -0.15) is 5.10 Å². The van der Waals surface area contributed by atoms with Gasteiger partial charge in [-0.05, 0) is 43.0 Å². The summed E-state index contributed by atoms with van der Waals surface area (Å²) in [7, 11) is 3.52. The molecule has 116 valence electrons. The van der Waals surface area contributed by atoms with Crippen LogP contribution >= 0.6 is 0 Å². The van der Waals surface area contributed by atoms with Crippen molar-refractivity contribution in [2.24, 2.45) is 7.05 Å². The fraction of sp³-hybridized carbons (Fsp3) is 0.412. The van der Waals surface area contributed by atoms with E-state index in [-0.39, 0.29) is 5.91 Å². The lowest BCUT2D eigenvalue weighted by Crippen LogP contribution is -2.34. The highest BCUT2D eigenvalue weighted by Crippen LogP contribution is 2.22. The molecule has 0 saturated heterocycles. The van der Waals surface area contributed by atoms with Gasteiger partial charge in [-0.1, -0.05) is 6.07 Å². The zero-order valence-electron chi connectivity index (χ0n) is 13.3. The Balaban J connectivity index is 1.79. The second-order valence-corrected chi connectivity index (χ2v) is 5.76. The first kappa shape index (κ1) is 14.6. The van der Waals surface area contributed by atoms with Crippen LogP contribution in [0.4, 0.5) is 0 Å². The van der Waals surface area contributed by atoms with Gasteiger partial charge in [0, 0.05) is 31.9 Å². The number of hydrogen-bond donors (Lipinski definition) is 0. The highest BCUT2D eigenvalue weighted by molar-refractivity contribution is 5.93. The zero-order chi connectivity index (χ0) is 15.7. The second-order valence-electron chi connectivity index (χ2n) is 5.76. The number of fused-ring (bicyclic) bond motifs is 1. The van der Waals surface area contributed by atoms with Gasteiger partial charge >= 0.3 is 0 Å². The smallest absolute Gasteiger partial charge is 0.274 e. The van der Waals surface area contributed by atoms with Gasteiger partial charge in [0.05, 0.1) is 7.11 Å². The lowest BCUT2D eigenvalue weighted by atomic mass is 10.0. The van der Waals surface area contributed by atoms with Crippen LogP contribution in [0.25, 0.3) is 0 Å². The minimum absolute atomic E-state index is 0.0258. The van der Waals surface area contributed by atoms with Crippen LogP contribution in [0.3, 0.4) is 0 Å². The van der Waals surface area contributed by atoms with Gasteiger partial charge in [0.25, 0.3) is 5.91 Å². The molecule has 0 saturated carbocycles. The number of amides is 1. The highest BCUT2D eigenvalue weighted by Gasteiger charge is 2.23. The Bertz CT molecular complexity index is 706. The molecule has 0 unspecified atom stereocenters. The number of carbonyl (C=O) groups excluding carboxylic acids is 1. The predicted octanol–water partition coefficient (Wildman–Crippen LogP) is 1.98. The minimum Gasteiger partial charge on any atom is -0.497 e. The predicted molar refractivity (Wildman–Crippen MR) is 84.3 cm³/mol. The van der Waals surface area contributed by atoms with Gasteiger partial charge in [-0.3, -0.25) is 9.48 Å². The summed E-state index contributed by atoms with van der Waals surface area (Å²) in [4.78, 5) is 14.6. The fourth-order valence-electron chi connectivity index (χ4n) is 3.00. The summed E-state index contributed by atoms with van der Waals surface area (Å²) in [5.74, 6) is 0.900. The van der Waals surface area contributed by atoms with Crippen molar-refractivity contribution in [3.8, 4) is 5.75 Å². The maximum atomic E-state index is 12.7. The number of methoxy groups -OCH3 is 1. The number of carbonyl (C=O) groups is 1. The normalized spacial score (nSPS) is 14.4. The first-order valence-corrected chi connectivity index (χ1v) is 7.54. The van der Waals surface area contributed by atoms with Crippen molar-refractivity contribution in [3.63, 3.8) is 0 Å². The van der Waals surface area contributed by atoms with E-state index in [1.165, 1.54) is 11.1 Å². The van der Waals surface area contributed by atoms with Crippen molar-refractivity contribution < 1.29 is 9.53 Å². The van der Waals surface area contributed by atoms with Crippen LogP contribution in [-0.2, 0) is 19.9 Å². The molecule has 1 aromatic heterocycles. The molecule has 2 heterocycles. The number of hydrogen-bond acceptors (Lipinski definition) is 3. The summed E-state index contributed by atoms with van der Waals surface area (Å²) in [6.07, 6.45) is 3.60. The van der Waals surface area contributed by atoms with Crippen molar-refractivity contribution >= 4 is 5.91 Å². The van der Waals surface area contributed by atoms with Crippen LogP contribution in [0.1, 0.15) is 27.2 Å². The molecule has 0 spiro atoms. The molecule has 22 heavy (non-hydrogen) atoms. The number of rotatable bonds is 2. The molecule has 5 nitrogen and oxygen atoms in total. The maximum absolute atomic E-state index is 12.7. The second kappa shape index (κ2) is 5.83. The van der Waals surface area contributed by atoms with Crippen molar-refractivity contribution in [2.45, 2.75) is 19.8 Å². The molecule has 2 aromatic rings. The number of ether oxygens (including phenoxy) is 1. The Morgan fingerprint density at radius 2 is 1.95 bits per heavy atom. The molecule has 3 rings (SSSR count). The molecule has 0 aliphatic carbocycles. The third-order valence-electron chi connectivity index (χ3n) is 4.22. The molecular weight excluding hydrogens is 278 g/mol. The third-order valence-corrected chi connectivity index (χ3v) is 4.22.